The zero-order valence-corrected chi connectivity index (χ0v) is 12.7. The van der Waals surface area contributed by atoms with E-state index < -0.39 is 0 Å². The number of phenolic OH excluding ortho intramolecular Hbond substituents is 1. The standard InChI is InChI=1S/C19H24O2/c1-19-9-8-16-15-6-4-14(21)10-12(15)2-5-17(16)18(19)7-3-13(19)11-20/h3-4,6,10,16-18,20-21H,2,5,7-9,11H2,1H3/t16-,17-,18+,19-/m1/s1. The molecule has 1 aromatic rings. The van der Waals surface area contributed by atoms with Crippen LogP contribution >= 0.6 is 0 Å². The maximum absolute atomic E-state index is 9.71. The van der Waals surface area contributed by atoms with Crippen LogP contribution in [0.15, 0.2) is 29.8 Å². The third-order valence-corrected chi connectivity index (χ3v) is 6.62. The molecule has 3 aliphatic rings. The van der Waals surface area contributed by atoms with E-state index in [1.807, 2.05) is 12.1 Å². The second kappa shape index (κ2) is 4.61. The third kappa shape index (κ3) is 1.81. The van der Waals surface area contributed by atoms with Crippen LogP contribution in [0.25, 0.3) is 0 Å². The molecule has 3 aliphatic carbocycles. The van der Waals surface area contributed by atoms with Crippen LogP contribution in [0.3, 0.4) is 0 Å². The largest absolute Gasteiger partial charge is 0.508 e. The highest BCUT2D eigenvalue weighted by molar-refractivity contribution is 5.41. The SMILES string of the molecule is C[C@]12CC[C@@H]3c4ccc(O)cc4CC[C@H]3[C@@H]1CC=C2CO. The smallest absolute Gasteiger partial charge is 0.115 e. The van der Waals surface area contributed by atoms with Gasteiger partial charge in [-0.2, -0.15) is 0 Å². The molecule has 112 valence electrons. The molecule has 1 fully saturated rings. The van der Waals surface area contributed by atoms with Crippen LogP contribution < -0.4 is 0 Å². The number of allylic oxidation sites excluding steroid dienone is 1. The Labute approximate surface area is 126 Å². The fourth-order valence-corrected chi connectivity index (χ4v) is 5.47. The van der Waals surface area contributed by atoms with Crippen LogP contribution in [0.1, 0.15) is 49.7 Å². The molecule has 2 heteroatoms. The fraction of sp³-hybridized carbons (Fsp3) is 0.579. The lowest BCUT2D eigenvalue weighted by molar-refractivity contribution is 0.0678. The number of fused-ring (bicyclic) bond motifs is 5. The molecule has 1 saturated carbocycles. The van der Waals surface area contributed by atoms with Crippen LogP contribution in [0, 0.1) is 17.3 Å². The maximum atomic E-state index is 9.71. The summed E-state index contributed by atoms with van der Waals surface area (Å²) < 4.78 is 0. The molecule has 2 N–H and O–H groups in total. The molecule has 0 spiro atoms. The second-order valence-corrected chi connectivity index (χ2v) is 7.38. The van der Waals surface area contributed by atoms with Crippen molar-refractivity contribution in [3.63, 3.8) is 0 Å². The van der Waals surface area contributed by atoms with E-state index in [4.69, 9.17) is 0 Å². The molecule has 21 heavy (non-hydrogen) atoms. The molecule has 0 radical (unpaired) electrons. The summed E-state index contributed by atoms with van der Waals surface area (Å²) in [5, 5.41) is 19.4. The van der Waals surface area contributed by atoms with Crippen LogP contribution in [0.4, 0.5) is 0 Å². The summed E-state index contributed by atoms with van der Waals surface area (Å²) in [5.41, 5.74) is 4.34. The zero-order valence-electron chi connectivity index (χ0n) is 12.7. The lowest BCUT2D eigenvalue weighted by atomic mass is 9.54. The maximum Gasteiger partial charge on any atom is 0.115 e. The molecule has 0 aliphatic heterocycles. The Hall–Kier alpha value is -1.28. The van der Waals surface area contributed by atoms with Gasteiger partial charge in [0.1, 0.15) is 5.75 Å². The Morgan fingerprint density at radius 2 is 2.14 bits per heavy atom. The quantitative estimate of drug-likeness (QED) is 0.771. The molecule has 0 aromatic heterocycles. The average Bonchev–Trinajstić information content (AvgIpc) is 2.83. The summed E-state index contributed by atoms with van der Waals surface area (Å²) in [4.78, 5) is 0. The van der Waals surface area contributed by atoms with Gasteiger partial charge in [-0.15, -0.1) is 0 Å². The number of phenols is 1. The Morgan fingerprint density at radius 3 is 2.95 bits per heavy atom. The van der Waals surface area contributed by atoms with Crippen molar-refractivity contribution in [2.75, 3.05) is 6.61 Å². The van der Waals surface area contributed by atoms with Crippen LogP contribution in [0.2, 0.25) is 0 Å². The lowest BCUT2D eigenvalue weighted by Crippen LogP contribution is -2.41. The van der Waals surface area contributed by atoms with Crippen molar-refractivity contribution in [2.24, 2.45) is 17.3 Å². The van der Waals surface area contributed by atoms with E-state index >= 15 is 0 Å². The molecule has 0 bridgehead atoms. The first-order chi connectivity index (χ1) is 10.1. The van der Waals surface area contributed by atoms with Gasteiger partial charge in [-0.3, -0.25) is 0 Å². The monoisotopic (exact) mass is 284 g/mol. The van der Waals surface area contributed by atoms with E-state index in [2.05, 4.69) is 19.1 Å². The first-order valence-corrected chi connectivity index (χ1v) is 8.25. The van der Waals surface area contributed by atoms with Crippen molar-refractivity contribution in [2.45, 2.75) is 44.9 Å². The summed E-state index contributed by atoms with van der Waals surface area (Å²) in [7, 11) is 0. The number of benzene rings is 1. The Morgan fingerprint density at radius 1 is 1.29 bits per heavy atom. The fourth-order valence-electron chi connectivity index (χ4n) is 5.47. The van der Waals surface area contributed by atoms with Gasteiger partial charge in [0.05, 0.1) is 6.61 Å². The molecule has 1 aromatic carbocycles. The third-order valence-electron chi connectivity index (χ3n) is 6.62. The summed E-state index contributed by atoms with van der Waals surface area (Å²) in [6.07, 6.45) is 8.17. The summed E-state index contributed by atoms with van der Waals surface area (Å²) >= 11 is 0. The van der Waals surface area contributed by atoms with Crippen molar-refractivity contribution in [1.29, 1.82) is 0 Å². The Bertz CT molecular complexity index is 604. The van der Waals surface area contributed by atoms with Gasteiger partial charge >= 0.3 is 0 Å². The minimum absolute atomic E-state index is 0.227. The number of rotatable bonds is 1. The van der Waals surface area contributed by atoms with Gasteiger partial charge in [-0.1, -0.05) is 19.1 Å². The highest BCUT2D eigenvalue weighted by Gasteiger charge is 2.51. The highest BCUT2D eigenvalue weighted by Crippen LogP contribution is 2.60. The average molecular weight is 284 g/mol. The predicted molar refractivity (Wildman–Crippen MR) is 83.3 cm³/mol. The summed E-state index contributed by atoms with van der Waals surface area (Å²) in [6.45, 7) is 2.60. The molecule has 0 saturated heterocycles. The van der Waals surface area contributed by atoms with E-state index in [1.165, 1.54) is 36.0 Å². The number of aryl methyl sites for hydroxylation is 1. The van der Waals surface area contributed by atoms with Gasteiger partial charge in [-0.05, 0) is 84.1 Å². The van der Waals surface area contributed by atoms with E-state index in [1.54, 1.807) is 0 Å². The summed E-state index contributed by atoms with van der Waals surface area (Å²) in [5.74, 6) is 2.48. The van der Waals surface area contributed by atoms with Gasteiger partial charge in [0.2, 0.25) is 0 Å². The van der Waals surface area contributed by atoms with E-state index in [9.17, 15) is 10.2 Å². The molecule has 4 atom stereocenters. The molecular weight excluding hydrogens is 260 g/mol. The van der Waals surface area contributed by atoms with Gasteiger partial charge in [0.15, 0.2) is 0 Å². The van der Waals surface area contributed by atoms with Crippen molar-refractivity contribution in [3.8, 4) is 5.75 Å². The van der Waals surface area contributed by atoms with Crippen molar-refractivity contribution < 1.29 is 10.2 Å². The van der Waals surface area contributed by atoms with Crippen LogP contribution in [-0.4, -0.2) is 16.8 Å². The van der Waals surface area contributed by atoms with E-state index in [0.717, 1.165) is 18.8 Å². The number of aliphatic hydroxyl groups is 1. The number of aliphatic hydroxyl groups excluding tert-OH is 1. The lowest BCUT2D eigenvalue weighted by Gasteiger charge is -2.50. The molecule has 4 rings (SSSR count). The van der Waals surface area contributed by atoms with Crippen LogP contribution in [0.5, 0.6) is 5.75 Å². The molecular formula is C19H24O2. The van der Waals surface area contributed by atoms with E-state index in [-0.39, 0.29) is 12.0 Å². The minimum Gasteiger partial charge on any atom is -0.508 e. The van der Waals surface area contributed by atoms with E-state index in [0.29, 0.717) is 17.6 Å². The van der Waals surface area contributed by atoms with Crippen LogP contribution in [-0.2, 0) is 6.42 Å². The predicted octanol–water partition coefficient (Wildman–Crippen LogP) is 3.78. The molecule has 0 heterocycles. The highest BCUT2D eigenvalue weighted by atomic mass is 16.3. The second-order valence-electron chi connectivity index (χ2n) is 7.38. The molecule has 0 amide bonds. The number of aromatic hydroxyl groups is 1. The topological polar surface area (TPSA) is 40.5 Å². The number of hydrogen-bond donors (Lipinski definition) is 2. The zero-order chi connectivity index (χ0) is 14.6. The van der Waals surface area contributed by atoms with Gasteiger partial charge in [0.25, 0.3) is 0 Å². The van der Waals surface area contributed by atoms with Crippen molar-refractivity contribution in [1.82, 2.24) is 0 Å². The van der Waals surface area contributed by atoms with Crippen molar-refractivity contribution in [3.05, 3.63) is 41.0 Å². The normalized spacial score (nSPS) is 37.4. The van der Waals surface area contributed by atoms with Gasteiger partial charge in [0, 0.05) is 0 Å². The molecule has 2 nitrogen and oxygen atoms in total. The first kappa shape index (κ1) is 13.4. The Kier molecular flexibility index (Phi) is 2.94. The minimum atomic E-state index is 0.227. The Balaban J connectivity index is 1.69. The number of hydrogen-bond acceptors (Lipinski definition) is 2. The van der Waals surface area contributed by atoms with Gasteiger partial charge < -0.3 is 10.2 Å². The van der Waals surface area contributed by atoms with Gasteiger partial charge in [-0.25, -0.2) is 0 Å². The summed E-state index contributed by atoms with van der Waals surface area (Å²) in [6, 6.07) is 5.96. The molecule has 0 unspecified atom stereocenters. The van der Waals surface area contributed by atoms with Crippen molar-refractivity contribution >= 4 is 0 Å². The first-order valence-electron chi connectivity index (χ1n) is 8.25.